The molecular formula is C13H9BrOS. The first-order valence-electron chi connectivity index (χ1n) is 4.94. The van der Waals surface area contributed by atoms with Gasteiger partial charge in [-0.25, -0.2) is 0 Å². The number of hydrogen-bond acceptors (Lipinski definition) is 2. The van der Waals surface area contributed by atoms with Crippen LogP contribution < -0.4 is 4.74 Å². The summed E-state index contributed by atoms with van der Waals surface area (Å²) in [5.41, 5.74) is 0. The van der Waals surface area contributed by atoms with Crippen LogP contribution in [0, 0.1) is 0 Å². The molecule has 0 aliphatic heterocycles. The Morgan fingerprint density at radius 1 is 1.12 bits per heavy atom. The van der Waals surface area contributed by atoms with E-state index in [0.29, 0.717) is 0 Å². The van der Waals surface area contributed by atoms with Crippen molar-refractivity contribution in [1.82, 2.24) is 0 Å². The molecule has 0 fully saturated rings. The van der Waals surface area contributed by atoms with Crippen molar-refractivity contribution in [2.75, 3.05) is 7.11 Å². The van der Waals surface area contributed by atoms with Crippen LogP contribution in [0.5, 0.6) is 5.75 Å². The van der Waals surface area contributed by atoms with E-state index >= 15 is 0 Å². The first-order valence-corrected chi connectivity index (χ1v) is 6.55. The molecule has 0 spiro atoms. The van der Waals surface area contributed by atoms with Gasteiger partial charge in [-0.05, 0) is 40.2 Å². The van der Waals surface area contributed by atoms with Crippen LogP contribution in [0.1, 0.15) is 0 Å². The van der Waals surface area contributed by atoms with E-state index in [1.54, 1.807) is 18.4 Å². The minimum Gasteiger partial charge on any atom is -0.497 e. The number of rotatable bonds is 1. The Bertz CT molecular complexity index is 672. The van der Waals surface area contributed by atoms with E-state index in [4.69, 9.17) is 4.74 Å². The Kier molecular flexibility index (Phi) is 2.37. The van der Waals surface area contributed by atoms with Gasteiger partial charge in [-0.15, -0.1) is 11.3 Å². The number of halogens is 1. The highest BCUT2D eigenvalue weighted by molar-refractivity contribution is 9.10. The fourth-order valence-corrected chi connectivity index (χ4v) is 3.62. The number of fused-ring (bicyclic) bond motifs is 3. The quantitative estimate of drug-likeness (QED) is 0.624. The predicted molar refractivity (Wildman–Crippen MR) is 73.6 cm³/mol. The largest absolute Gasteiger partial charge is 0.497 e. The highest BCUT2D eigenvalue weighted by Gasteiger charge is 2.07. The van der Waals surface area contributed by atoms with E-state index in [9.17, 15) is 0 Å². The van der Waals surface area contributed by atoms with Gasteiger partial charge in [-0.2, -0.15) is 0 Å². The summed E-state index contributed by atoms with van der Waals surface area (Å²) in [6.45, 7) is 0. The van der Waals surface area contributed by atoms with Gasteiger partial charge in [-0.3, -0.25) is 0 Å². The van der Waals surface area contributed by atoms with E-state index in [2.05, 4.69) is 46.3 Å². The van der Waals surface area contributed by atoms with Gasteiger partial charge in [0.2, 0.25) is 0 Å². The van der Waals surface area contributed by atoms with Crippen molar-refractivity contribution in [3.8, 4) is 5.75 Å². The van der Waals surface area contributed by atoms with Gasteiger partial charge >= 0.3 is 0 Å². The molecule has 3 aromatic rings. The molecule has 0 radical (unpaired) electrons. The van der Waals surface area contributed by atoms with Crippen LogP contribution in [0.15, 0.2) is 40.9 Å². The third-order valence-corrected chi connectivity index (χ3v) is 4.78. The number of benzene rings is 2. The molecule has 0 bridgehead atoms. The van der Waals surface area contributed by atoms with Crippen molar-refractivity contribution in [1.29, 1.82) is 0 Å². The summed E-state index contributed by atoms with van der Waals surface area (Å²) in [4.78, 5) is 0. The molecule has 0 saturated carbocycles. The van der Waals surface area contributed by atoms with E-state index in [1.165, 1.54) is 20.2 Å². The summed E-state index contributed by atoms with van der Waals surface area (Å²) < 4.78 is 8.96. The van der Waals surface area contributed by atoms with E-state index < -0.39 is 0 Å². The normalized spacial score (nSPS) is 11.1. The zero-order valence-corrected chi connectivity index (χ0v) is 11.1. The summed E-state index contributed by atoms with van der Waals surface area (Å²) in [5.74, 6) is 0.912. The molecule has 3 heteroatoms. The summed E-state index contributed by atoms with van der Waals surface area (Å²) in [7, 11) is 1.70. The molecule has 0 amide bonds. The van der Waals surface area contributed by atoms with Crippen LogP contribution >= 0.6 is 27.3 Å². The molecule has 2 aromatic carbocycles. The van der Waals surface area contributed by atoms with E-state index in [-0.39, 0.29) is 0 Å². The zero-order chi connectivity index (χ0) is 11.1. The summed E-state index contributed by atoms with van der Waals surface area (Å²) in [6, 6.07) is 12.5. The van der Waals surface area contributed by atoms with Gasteiger partial charge in [0.1, 0.15) is 5.75 Å². The van der Waals surface area contributed by atoms with Crippen molar-refractivity contribution in [2.45, 2.75) is 0 Å². The zero-order valence-electron chi connectivity index (χ0n) is 8.66. The van der Waals surface area contributed by atoms with Crippen molar-refractivity contribution in [3.05, 3.63) is 40.9 Å². The Morgan fingerprint density at radius 3 is 2.81 bits per heavy atom. The lowest BCUT2D eigenvalue weighted by Crippen LogP contribution is -1.79. The molecule has 1 aromatic heterocycles. The third-order valence-electron chi connectivity index (χ3n) is 2.66. The molecular weight excluding hydrogens is 284 g/mol. The van der Waals surface area contributed by atoms with Crippen molar-refractivity contribution in [2.24, 2.45) is 0 Å². The minimum atomic E-state index is 0.912. The number of thiophene rings is 1. The molecule has 1 nitrogen and oxygen atoms in total. The monoisotopic (exact) mass is 292 g/mol. The molecule has 0 N–H and O–H groups in total. The first-order chi connectivity index (χ1) is 7.79. The van der Waals surface area contributed by atoms with Crippen LogP contribution in [-0.4, -0.2) is 7.11 Å². The average Bonchev–Trinajstić information content (AvgIpc) is 2.68. The standard InChI is InChI=1S/C13H9BrOS/c1-15-8-5-6-9-10-3-2-4-11(14)13(10)16-12(9)7-8/h2-7H,1H3. The van der Waals surface area contributed by atoms with Crippen LogP contribution in [0.4, 0.5) is 0 Å². The lowest BCUT2D eigenvalue weighted by Gasteiger charge is -1.98. The maximum Gasteiger partial charge on any atom is 0.120 e. The van der Waals surface area contributed by atoms with Crippen molar-refractivity contribution in [3.63, 3.8) is 0 Å². The fourth-order valence-electron chi connectivity index (χ4n) is 1.87. The van der Waals surface area contributed by atoms with Crippen LogP contribution in [0.2, 0.25) is 0 Å². The van der Waals surface area contributed by atoms with Crippen LogP contribution in [-0.2, 0) is 0 Å². The Morgan fingerprint density at radius 2 is 2.00 bits per heavy atom. The summed E-state index contributed by atoms with van der Waals surface area (Å²) >= 11 is 5.38. The fraction of sp³-hybridized carbons (Fsp3) is 0.0769. The topological polar surface area (TPSA) is 9.23 Å². The third kappa shape index (κ3) is 1.43. The second-order valence-electron chi connectivity index (χ2n) is 3.58. The Balaban J connectivity index is 2.45. The highest BCUT2D eigenvalue weighted by atomic mass is 79.9. The molecule has 0 unspecified atom stereocenters. The first kappa shape index (κ1) is 10.1. The molecule has 0 saturated heterocycles. The lowest BCUT2D eigenvalue weighted by atomic mass is 10.1. The minimum absolute atomic E-state index is 0.912. The summed E-state index contributed by atoms with van der Waals surface area (Å²) in [5, 5.41) is 2.60. The van der Waals surface area contributed by atoms with Gasteiger partial charge in [-0.1, -0.05) is 12.1 Å². The lowest BCUT2D eigenvalue weighted by molar-refractivity contribution is 0.415. The maximum atomic E-state index is 5.24. The van der Waals surface area contributed by atoms with Gasteiger partial charge in [0.25, 0.3) is 0 Å². The number of ether oxygens (including phenoxy) is 1. The van der Waals surface area contributed by atoms with Gasteiger partial charge in [0.15, 0.2) is 0 Å². The Labute approximate surface area is 106 Å². The molecule has 0 aliphatic rings. The number of methoxy groups -OCH3 is 1. The molecule has 3 rings (SSSR count). The van der Waals surface area contributed by atoms with Crippen LogP contribution in [0.3, 0.4) is 0 Å². The average molecular weight is 293 g/mol. The second kappa shape index (κ2) is 3.75. The molecule has 80 valence electrons. The van der Waals surface area contributed by atoms with Crippen LogP contribution in [0.25, 0.3) is 20.2 Å². The predicted octanol–water partition coefficient (Wildman–Crippen LogP) is 4.83. The molecule has 1 heterocycles. The van der Waals surface area contributed by atoms with Crippen molar-refractivity contribution < 1.29 is 4.74 Å². The smallest absolute Gasteiger partial charge is 0.120 e. The van der Waals surface area contributed by atoms with E-state index in [1.807, 2.05) is 6.07 Å². The number of hydrogen-bond donors (Lipinski definition) is 0. The second-order valence-corrected chi connectivity index (χ2v) is 5.49. The van der Waals surface area contributed by atoms with Gasteiger partial charge < -0.3 is 4.74 Å². The maximum absolute atomic E-state index is 5.24. The molecule has 0 aliphatic carbocycles. The molecule has 0 atom stereocenters. The summed E-state index contributed by atoms with van der Waals surface area (Å²) in [6.07, 6.45) is 0. The Hall–Kier alpha value is -1.06. The van der Waals surface area contributed by atoms with Crippen molar-refractivity contribution >= 4 is 47.4 Å². The molecule has 16 heavy (non-hydrogen) atoms. The van der Waals surface area contributed by atoms with E-state index in [0.717, 1.165) is 10.2 Å². The SMILES string of the molecule is COc1ccc2c(c1)sc1c(Br)cccc12. The van der Waals surface area contributed by atoms with Gasteiger partial charge in [0, 0.05) is 24.6 Å². The highest BCUT2D eigenvalue weighted by Crippen LogP contribution is 2.39. The van der Waals surface area contributed by atoms with Gasteiger partial charge in [0.05, 0.1) is 7.11 Å².